The standard InChI is InChI=1S/C7H9NO3S2/c8-13(10,11)4-3-6-1-2-7(5-9)12-6/h1-2,5H,3-4H2,(H2,8,10,11). The number of aldehydes is 1. The number of hydrogen-bond acceptors (Lipinski definition) is 4. The Morgan fingerprint density at radius 1 is 1.46 bits per heavy atom. The third-order valence-electron chi connectivity index (χ3n) is 1.43. The van der Waals surface area contributed by atoms with Crippen molar-refractivity contribution >= 4 is 27.6 Å². The number of carbonyl (C=O) groups is 1. The first-order valence-corrected chi connectivity index (χ1v) is 6.09. The maximum absolute atomic E-state index is 10.6. The van der Waals surface area contributed by atoms with E-state index in [-0.39, 0.29) is 5.75 Å². The highest BCUT2D eigenvalue weighted by atomic mass is 32.2. The highest BCUT2D eigenvalue weighted by Crippen LogP contribution is 2.15. The molecule has 0 atom stereocenters. The number of aryl methyl sites for hydroxylation is 1. The summed E-state index contributed by atoms with van der Waals surface area (Å²) in [6, 6.07) is 3.40. The lowest BCUT2D eigenvalue weighted by atomic mass is 10.4. The predicted molar refractivity (Wildman–Crippen MR) is 51.4 cm³/mol. The maximum Gasteiger partial charge on any atom is 0.209 e. The second kappa shape index (κ2) is 3.99. The monoisotopic (exact) mass is 219 g/mol. The van der Waals surface area contributed by atoms with Gasteiger partial charge in [0.15, 0.2) is 6.29 Å². The van der Waals surface area contributed by atoms with Crippen molar-refractivity contribution < 1.29 is 13.2 Å². The lowest BCUT2D eigenvalue weighted by molar-refractivity contribution is 0.112. The van der Waals surface area contributed by atoms with E-state index in [9.17, 15) is 13.2 Å². The minimum Gasteiger partial charge on any atom is -0.297 e. The lowest BCUT2D eigenvalue weighted by Crippen LogP contribution is -2.17. The molecule has 0 saturated carbocycles. The molecule has 0 aliphatic rings. The van der Waals surface area contributed by atoms with Crippen molar-refractivity contribution in [1.29, 1.82) is 0 Å². The van der Waals surface area contributed by atoms with Gasteiger partial charge >= 0.3 is 0 Å². The Kier molecular flexibility index (Phi) is 3.18. The van der Waals surface area contributed by atoms with E-state index in [1.165, 1.54) is 11.3 Å². The molecule has 72 valence electrons. The summed E-state index contributed by atoms with van der Waals surface area (Å²) in [5.74, 6) is -0.0776. The number of nitrogens with two attached hydrogens (primary N) is 1. The molecule has 0 aromatic carbocycles. The lowest BCUT2D eigenvalue weighted by Gasteiger charge is -1.94. The Morgan fingerprint density at radius 2 is 2.15 bits per heavy atom. The van der Waals surface area contributed by atoms with Crippen molar-refractivity contribution in [3.05, 3.63) is 21.9 Å². The average molecular weight is 219 g/mol. The van der Waals surface area contributed by atoms with E-state index >= 15 is 0 Å². The van der Waals surface area contributed by atoms with Crippen molar-refractivity contribution in [2.75, 3.05) is 5.75 Å². The zero-order chi connectivity index (χ0) is 9.90. The molecule has 4 nitrogen and oxygen atoms in total. The van der Waals surface area contributed by atoms with Crippen molar-refractivity contribution in [3.8, 4) is 0 Å². The summed E-state index contributed by atoms with van der Waals surface area (Å²) in [7, 11) is -3.40. The molecule has 2 N–H and O–H groups in total. The fourth-order valence-corrected chi connectivity index (χ4v) is 2.30. The predicted octanol–water partition coefficient (Wildman–Crippen LogP) is 0.392. The van der Waals surface area contributed by atoms with Crippen LogP contribution in [0.2, 0.25) is 0 Å². The molecule has 0 radical (unpaired) electrons. The molecule has 0 amide bonds. The van der Waals surface area contributed by atoms with Crippen LogP contribution >= 0.6 is 11.3 Å². The van der Waals surface area contributed by atoms with Crippen LogP contribution in [0.5, 0.6) is 0 Å². The van der Waals surface area contributed by atoms with Crippen LogP contribution in [-0.4, -0.2) is 20.5 Å². The van der Waals surface area contributed by atoms with E-state index in [1.54, 1.807) is 12.1 Å². The van der Waals surface area contributed by atoms with Crippen molar-refractivity contribution in [2.24, 2.45) is 5.14 Å². The van der Waals surface area contributed by atoms with E-state index in [0.29, 0.717) is 11.3 Å². The van der Waals surface area contributed by atoms with Gasteiger partial charge in [-0.1, -0.05) is 0 Å². The highest BCUT2D eigenvalue weighted by molar-refractivity contribution is 7.89. The molecule has 13 heavy (non-hydrogen) atoms. The molecular weight excluding hydrogens is 210 g/mol. The van der Waals surface area contributed by atoms with Gasteiger partial charge in [-0.15, -0.1) is 11.3 Å². The zero-order valence-electron chi connectivity index (χ0n) is 6.76. The number of carbonyl (C=O) groups excluding carboxylic acids is 1. The van der Waals surface area contributed by atoms with Crippen molar-refractivity contribution in [1.82, 2.24) is 0 Å². The summed E-state index contributed by atoms with van der Waals surface area (Å²) in [4.78, 5) is 11.7. The van der Waals surface area contributed by atoms with E-state index in [0.717, 1.165) is 11.2 Å². The molecule has 0 aliphatic carbocycles. The van der Waals surface area contributed by atoms with Crippen LogP contribution in [-0.2, 0) is 16.4 Å². The van der Waals surface area contributed by atoms with Gasteiger partial charge in [0.05, 0.1) is 10.6 Å². The summed E-state index contributed by atoms with van der Waals surface area (Å²) in [5.41, 5.74) is 0. The SMILES string of the molecule is NS(=O)(=O)CCc1ccc(C=O)s1. The maximum atomic E-state index is 10.6. The summed E-state index contributed by atoms with van der Waals surface area (Å²) >= 11 is 1.29. The van der Waals surface area contributed by atoms with Gasteiger partial charge in [0, 0.05) is 4.88 Å². The molecule has 1 heterocycles. The average Bonchev–Trinajstić information content (AvgIpc) is 2.47. The molecule has 0 unspecified atom stereocenters. The summed E-state index contributed by atoms with van der Waals surface area (Å²) in [6.07, 6.45) is 1.11. The first-order valence-electron chi connectivity index (χ1n) is 3.55. The van der Waals surface area contributed by atoms with E-state index in [4.69, 9.17) is 5.14 Å². The van der Waals surface area contributed by atoms with E-state index in [1.807, 2.05) is 0 Å². The quantitative estimate of drug-likeness (QED) is 0.744. The summed E-state index contributed by atoms with van der Waals surface area (Å²) in [5, 5.41) is 4.83. The first-order chi connectivity index (χ1) is 6.01. The minimum absolute atomic E-state index is 0.0776. The van der Waals surface area contributed by atoms with Gasteiger partial charge in [0.1, 0.15) is 0 Å². The molecule has 6 heteroatoms. The largest absolute Gasteiger partial charge is 0.297 e. The Labute approximate surface area is 80.4 Å². The highest BCUT2D eigenvalue weighted by Gasteiger charge is 2.05. The van der Waals surface area contributed by atoms with Gasteiger partial charge in [-0.05, 0) is 18.6 Å². The van der Waals surface area contributed by atoms with Crippen molar-refractivity contribution in [2.45, 2.75) is 6.42 Å². The van der Waals surface area contributed by atoms with Crippen LogP contribution in [0.3, 0.4) is 0 Å². The van der Waals surface area contributed by atoms with Gasteiger partial charge < -0.3 is 0 Å². The fourth-order valence-electron chi connectivity index (χ4n) is 0.835. The topological polar surface area (TPSA) is 77.2 Å². The van der Waals surface area contributed by atoms with Crippen LogP contribution in [0.25, 0.3) is 0 Å². The first kappa shape index (κ1) is 10.4. The normalized spacial score (nSPS) is 11.5. The summed E-state index contributed by atoms with van der Waals surface area (Å²) < 4.78 is 21.2. The van der Waals surface area contributed by atoms with Gasteiger partial charge in [-0.2, -0.15) is 0 Å². The molecule has 0 aliphatic heterocycles. The molecule has 0 fully saturated rings. The third-order valence-corrected chi connectivity index (χ3v) is 3.28. The molecule has 1 aromatic rings. The molecule has 0 bridgehead atoms. The van der Waals surface area contributed by atoms with E-state index in [2.05, 4.69) is 0 Å². The van der Waals surface area contributed by atoms with Crippen LogP contribution in [0.15, 0.2) is 12.1 Å². The number of rotatable bonds is 4. The van der Waals surface area contributed by atoms with Crippen LogP contribution < -0.4 is 5.14 Å². The molecular formula is C7H9NO3S2. The van der Waals surface area contributed by atoms with Crippen LogP contribution in [0.1, 0.15) is 14.5 Å². The van der Waals surface area contributed by atoms with Crippen LogP contribution in [0, 0.1) is 0 Å². The Hall–Kier alpha value is -0.720. The Bertz CT molecular complexity index is 394. The zero-order valence-corrected chi connectivity index (χ0v) is 8.40. The Morgan fingerprint density at radius 3 is 2.62 bits per heavy atom. The smallest absolute Gasteiger partial charge is 0.209 e. The van der Waals surface area contributed by atoms with Gasteiger partial charge in [0.2, 0.25) is 10.0 Å². The number of sulfonamides is 1. The second-order valence-corrected chi connectivity index (χ2v) is 5.47. The third kappa shape index (κ3) is 3.67. The Balaban J connectivity index is 2.60. The number of primary sulfonamides is 1. The number of thiophene rings is 1. The minimum atomic E-state index is -3.40. The van der Waals surface area contributed by atoms with Crippen LogP contribution in [0.4, 0.5) is 0 Å². The molecule has 0 saturated heterocycles. The van der Waals surface area contributed by atoms with Gasteiger partial charge in [-0.3, -0.25) is 4.79 Å². The fraction of sp³-hybridized carbons (Fsp3) is 0.286. The molecule has 1 rings (SSSR count). The summed E-state index contributed by atoms with van der Waals surface area (Å²) in [6.45, 7) is 0. The second-order valence-electron chi connectivity index (χ2n) is 2.54. The molecule has 1 aromatic heterocycles. The molecule has 0 spiro atoms. The van der Waals surface area contributed by atoms with Gasteiger partial charge in [-0.25, -0.2) is 13.6 Å². The van der Waals surface area contributed by atoms with E-state index < -0.39 is 10.0 Å². The number of hydrogen-bond donors (Lipinski definition) is 1. The van der Waals surface area contributed by atoms with Gasteiger partial charge in [0.25, 0.3) is 0 Å². The van der Waals surface area contributed by atoms with Crippen molar-refractivity contribution in [3.63, 3.8) is 0 Å².